The number of rotatable bonds is 5. The Morgan fingerprint density at radius 2 is 1.68 bits per heavy atom. The minimum atomic E-state index is -0.151. The van der Waals surface area contributed by atoms with Crippen LogP contribution in [0.1, 0.15) is 43.7 Å². The van der Waals surface area contributed by atoms with Crippen LogP contribution in [-0.2, 0) is 5.41 Å². The van der Waals surface area contributed by atoms with E-state index in [1.165, 1.54) is 5.56 Å². The van der Waals surface area contributed by atoms with E-state index in [0.717, 1.165) is 11.4 Å². The Morgan fingerprint density at radius 3 is 2.29 bits per heavy atom. The first-order valence-electron chi connectivity index (χ1n) is 9.46. The molecular weight excluding hydrogens is 348 g/mol. The summed E-state index contributed by atoms with van der Waals surface area (Å²) in [7, 11) is 0. The number of anilines is 3. The fourth-order valence-electron chi connectivity index (χ4n) is 2.91. The van der Waals surface area contributed by atoms with Crippen LogP contribution in [0.2, 0.25) is 0 Å². The van der Waals surface area contributed by atoms with Crippen molar-refractivity contribution in [2.75, 3.05) is 16.8 Å². The summed E-state index contributed by atoms with van der Waals surface area (Å²) in [4.78, 5) is 23.3. The van der Waals surface area contributed by atoms with E-state index in [2.05, 4.69) is 48.2 Å². The van der Waals surface area contributed by atoms with Gasteiger partial charge in [-0.05, 0) is 48.2 Å². The molecule has 0 fully saturated rings. The lowest BCUT2D eigenvalue weighted by Gasteiger charge is -2.21. The third-order valence-corrected chi connectivity index (χ3v) is 4.51. The minimum Gasteiger partial charge on any atom is -0.324 e. The van der Waals surface area contributed by atoms with Gasteiger partial charge in [0.05, 0.1) is 0 Å². The number of para-hydroxylation sites is 1. The van der Waals surface area contributed by atoms with Crippen LogP contribution in [0, 0.1) is 0 Å². The van der Waals surface area contributed by atoms with Crippen LogP contribution in [0.5, 0.6) is 0 Å². The van der Waals surface area contributed by atoms with Crippen molar-refractivity contribution in [3.05, 3.63) is 78.1 Å². The van der Waals surface area contributed by atoms with E-state index in [9.17, 15) is 4.79 Å². The fourth-order valence-corrected chi connectivity index (χ4v) is 2.91. The highest BCUT2D eigenvalue weighted by molar-refractivity contribution is 6.04. The number of carbonyl (C=O) groups is 1. The maximum Gasteiger partial charge on any atom is 0.277 e. The Bertz CT molecular complexity index is 931. The van der Waals surface area contributed by atoms with Crippen molar-refractivity contribution in [3.63, 3.8) is 0 Å². The number of benzene rings is 2. The Balaban J connectivity index is 1.79. The highest BCUT2D eigenvalue weighted by Gasteiger charge is 2.18. The van der Waals surface area contributed by atoms with Gasteiger partial charge in [-0.3, -0.25) is 4.79 Å². The number of amides is 1. The summed E-state index contributed by atoms with van der Waals surface area (Å²) in [5.41, 5.74) is 3.44. The van der Waals surface area contributed by atoms with Gasteiger partial charge < -0.3 is 10.2 Å². The predicted octanol–water partition coefficient (Wildman–Crippen LogP) is 5.18. The van der Waals surface area contributed by atoms with Crippen LogP contribution in [0.25, 0.3) is 0 Å². The molecule has 0 spiro atoms. The molecule has 28 heavy (non-hydrogen) atoms. The molecule has 3 rings (SSSR count). The van der Waals surface area contributed by atoms with E-state index in [1.807, 2.05) is 49.4 Å². The molecule has 2 aromatic carbocycles. The Labute approximate surface area is 166 Å². The molecule has 1 aromatic heterocycles. The topological polar surface area (TPSA) is 58.1 Å². The molecular formula is C23H26N4O. The van der Waals surface area contributed by atoms with Crippen molar-refractivity contribution in [2.24, 2.45) is 0 Å². The number of hydrogen-bond donors (Lipinski definition) is 1. The maximum absolute atomic E-state index is 12.9. The van der Waals surface area contributed by atoms with Crippen molar-refractivity contribution < 1.29 is 4.79 Å². The number of nitrogens with one attached hydrogen (secondary N) is 1. The van der Waals surface area contributed by atoms with E-state index in [4.69, 9.17) is 0 Å². The van der Waals surface area contributed by atoms with Crippen molar-refractivity contribution in [1.82, 2.24) is 9.97 Å². The number of hydrogen-bond acceptors (Lipinski definition) is 4. The van der Waals surface area contributed by atoms with Crippen LogP contribution in [0.15, 0.2) is 66.9 Å². The van der Waals surface area contributed by atoms with Crippen molar-refractivity contribution in [2.45, 2.75) is 33.1 Å². The molecule has 0 aliphatic rings. The molecule has 0 saturated carbocycles. The number of aromatic nitrogens is 2. The lowest BCUT2D eigenvalue weighted by atomic mass is 9.87. The standard InChI is InChI=1S/C23H26N4O/c1-5-27(19-9-7-6-8-10-19)21(28)20-15-16-24-22(26-20)25-18-13-11-17(12-14-18)23(2,3)4/h6-16H,5H2,1-4H3,(H,24,25,26). The van der Waals surface area contributed by atoms with Gasteiger partial charge in [0.1, 0.15) is 5.69 Å². The summed E-state index contributed by atoms with van der Waals surface area (Å²) < 4.78 is 0. The zero-order valence-corrected chi connectivity index (χ0v) is 16.8. The molecule has 0 bridgehead atoms. The van der Waals surface area contributed by atoms with E-state index in [1.54, 1.807) is 17.2 Å². The van der Waals surface area contributed by atoms with Gasteiger partial charge in [0.2, 0.25) is 5.95 Å². The summed E-state index contributed by atoms with van der Waals surface area (Å²) in [6, 6.07) is 19.4. The van der Waals surface area contributed by atoms with Gasteiger partial charge in [0.15, 0.2) is 0 Å². The quantitative estimate of drug-likeness (QED) is 0.668. The summed E-state index contributed by atoms with van der Waals surface area (Å²) in [6.45, 7) is 9.05. The van der Waals surface area contributed by atoms with Crippen molar-refractivity contribution in [1.29, 1.82) is 0 Å². The van der Waals surface area contributed by atoms with Gasteiger partial charge in [-0.15, -0.1) is 0 Å². The molecule has 1 heterocycles. The van der Waals surface area contributed by atoms with Gasteiger partial charge in [-0.25, -0.2) is 9.97 Å². The lowest BCUT2D eigenvalue weighted by Crippen LogP contribution is -2.31. The third kappa shape index (κ3) is 4.55. The van der Waals surface area contributed by atoms with Gasteiger partial charge in [0, 0.05) is 24.1 Å². The SMILES string of the molecule is CCN(C(=O)c1ccnc(Nc2ccc(C(C)(C)C)cc2)n1)c1ccccc1. The molecule has 3 aromatic rings. The van der Waals surface area contributed by atoms with Crippen LogP contribution in [-0.4, -0.2) is 22.4 Å². The number of nitrogens with zero attached hydrogens (tertiary/aromatic N) is 3. The van der Waals surface area contributed by atoms with E-state index < -0.39 is 0 Å². The molecule has 0 radical (unpaired) electrons. The van der Waals surface area contributed by atoms with Crippen molar-refractivity contribution in [3.8, 4) is 0 Å². The zero-order chi connectivity index (χ0) is 20.1. The summed E-state index contributed by atoms with van der Waals surface area (Å²) >= 11 is 0. The highest BCUT2D eigenvalue weighted by atomic mass is 16.2. The second-order valence-corrected chi connectivity index (χ2v) is 7.60. The molecule has 0 unspecified atom stereocenters. The fraction of sp³-hybridized carbons (Fsp3) is 0.261. The predicted molar refractivity (Wildman–Crippen MR) is 114 cm³/mol. The van der Waals surface area contributed by atoms with Crippen LogP contribution < -0.4 is 10.2 Å². The maximum atomic E-state index is 12.9. The first-order chi connectivity index (χ1) is 13.4. The minimum absolute atomic E-state index is 0.0996. The molecule has 0 saturated heterocycles. The largest absolute Gasteiger partial charge is 0.324 e. The number of carbonyl (C=O) groups excluding carboxylic acids is 1. The molecule has 0 atom stereocenters. The second kappa shape index (κ2) is 8.21. The zero-order valence-electron chi connectivity index (χ0n) is 16.8. The second-order valence-electron chi connectivity index (χ2n) is 7.60. The Kier molecular flexibility index (Phi) is 5.73. The molecule has 5 nitrogen and oxygen atoms in total. The summed E-state index contributed by atoms with van der Waals surface area (Å²) in [5.74, 6) is 0.251. The smallest absolute Gasteiger partial charge is 0.277 e. The lowest BCUT2D eigenvalue weighted by molar-refractivity contribution is 0.0983. The molecule has 1 amide bonds. The molecule has 144 valence electrons. The average molecular weight is 374 g/mol. The van der Waals surface area contributed by atoms with Gasteiger partial charge in [0.25, 0.3) is 5.91 Å². The van der Waals surface area contributed by atoms with Gasteiger partial charge >= 0.3 is 0 Å². The van der Waals surface area contributed by atoms with Crippen LogP contribution in [0.4, 0.5) is 17.3 Å². The van der Waals surface area contributed by atoms with E-state index in [0.29, 0.717) is 18.2 Å². The monoisotopic (exact) mass is 374 g/mol. The van der Waals surface area contributed by atoms with Crippen molar-refractivity contribution >= 4 is 23.2 Å². The highest BCUT2D eigenvalue weighted by Crippen LogP contribution is 2.24. The van der Waals surface area contributed by atoms with E-state index >= 15 is 0 Å². The van der Waals surface area contributed by atoms with E-state index in [-0.39, 0.29) is 11.3 Å². The molecule has 1 N–H and O–H groups in total. The average Bonchev–Trinajstić information content (AvgIpc) is 2.69. The first-order valence-corrected chi connectivity index (χ1v) is 9.46. The van der Waals surface area contributed by atoms with Gasteiger partial charge in [-0.1, -0.05) is 51.1 Å². The third-order valence-electron chi connectivity index (χ3n) is 4.51. The normalized spacial score (nSPS) is 11.1. The van der Waals surface area contributed by atoms with Crippen LogP contribution in [0.3, 0.4) is 0 Å². The van der Waals surface area contributed by atoms with Gasteiger partial charge in [-0.2, -0.15) is 0 Å². The Morgan fingerprint density at radius 1 is 1.00 bits per heavy atom. The summed E-state index contributed by atoms with van der Waals surface area (Å²) in [6.07, 6.45) is 1.60. The molecule has 5 heteroatoms. The van der Waals surface area contributed by atoms with Crippen LogP contribution >= 0.6 is 0 Å². The molecule has 0 aliphatic carbocycles. The Hall–Kier alpha value is -3.21. The first kappa shape index (κ1) is 19.5. The molecule has 0 aliphatic heterocycles. The summed E-state index contributed by atoms with van der Waals surface area (Å²) in [5, 5.41) is 3.18.